The zero-order valence-corrected chi connectivity index (χ0v) is 17.1. The second-order valence-corrected chi connectivity index (χ2v) is 7.74. The van der Waals surface area contributed by atoms with Crippen LogP contribution in [-0.2, 0) is 0 Å². The number of rotatable bonds is 7. The Morgan fingerprint density at radius 3 is 2.83 bits per heavy atom. The molecule has 0 fully saturated rings. The number of thiophene rings is 1. The molecule has 0 aliphatic heterocycles. The number of carbonyl (C=O) groups is 1. The van der Waals surface area contributed by atoms with Crippen LogP contribution >= 0.6 is 11.3 Å². The van der Waals surface area contributed by atoms with E-state index in [2.05, 4.69) is 21.7 Å². The van der Waals surface area contributed by atoms with Crippen molar-refractivity contribution in [3.8, 4) is 17.4 Å². The number of primary amides is 1. The molecule has 6 N–H and O–H groups in total. The molecule has 0 saturated carbocycles. The Morgan fingerprint density at radius 1 is 1.33 bits per heavy atom. The Morgan fingerprint density at radius 2 is 2.13 bits per heavy atom. The van der Waals surface area contributed by atoms with Gasteiger partial charge in [0.15, 0.2) is 0 Å². The highest BCUT2D eigenvalue weighted by atomic mass is 32.1. The fraction of sp³-hybridized carbons (Fsp3) is 0.190. The van der Waals surface area contributed by atoms with Gasteiger partial charge in [-0.15, -0.1) is 11.3 Å². The Balaban J connectivity index is 1.98. The molecule has 3 aromatic heterocycles. The van der Waals surface area contributed by atoms with E-state index in [4.69, 9.17) is 15.9 Å². The number of nitrogens with one attached hydrogen (secondary N) is 2. The van der Waals surface area contributed by atoms with Gasteiger partial charge in [0.1, 0.15) is 38.5 Å². The molecular formula is C21H20N6O2S. The van der Waals surface area contributed by atoms with Crippen molar-refractivity contribution in [1.29, 1.82) is 5.26 Å². The molecule has 0 spiro atoms. The summed E-state index contributed by atoms with van der Waals surface area (Å²) in [5.41, 5.74) is 13.5. The number of benzene rings is 1. The summed E-state index contributed by atoms with van der Waals surface area (Å²) in [5.74, 6) is 0.279. The number of nitrogen functional groups attached to an aromatic ring is 1. The zero-order chi connectivity index (χ0) is 21.3. The van der Waals surface area contributed by atoms with E-state index in [-0.39, 0.29) is 10.6 Å². The molecule has 0 bridgehead atoms. The predicted molar refractivity (Wildman–Crippen MR) is 120 cm³/mol. The maximum absolute atomic E-state index is 11.9. The number of amides is 1. The molecule has 0 radical (unpaired) electrons. The van der Waals surface area contributed by atoms with Crippen LogP contribution in [-0.4, -0.2) is 31.0 Å². The third kappa shape index (κ3) is 3.32. The molecule has 152 valence electrons. The summed E-state index contributed by atoms with van der Waals surface area (Å²) in [5, 5.41) is 17.7. The normalized spacial score (nSPS) is 11.1. The van der Waals surface area contributed by atoms with Gasteiger partial charge in [0.2, 0.25) is 0 Å². The van der Waals surface area contributed by atoms with E-state index in [1.807, 2.05) is 37.4 Å². The van der Waals surface area contributed by atoms with Gasteiger partial charge in [-0.25, -0.2) is 4.98 Å². The monoisotopic (exact) mass is 420 g/mol. The Hall–Kier alpha value is -3.61. The lowest BCUT2D eigenvalue weighted by Crippen LogP contribution is -2.14. The van der Waals surface area contributed by atoms with E-state index >= 15 is 0 Å². The Bertz CT molecular complexity index is 1270. The van der Waals surface area contributed by atoms with Crippen LogP contribution < -0.4 is 22.1 Å². The van der Waals surface area contributed by atoms with E-state index < -0.39 is 5.91 Å². The Kier molecular flexibility index (Phi) is 5.27. The highest BCUT2D eigenvalue weighted by Gasteiger charge is 2.25. The minimum Gasteiger partial charge on any atom is -0.456 e. The lowest BCUT2D eigenvalue weighted by Gasteiger charge is -2.11. The van der Waals surface area contributed by atoms with Crippen LogP contribution in [0.2, 0.25) is 0 Å². The molecule has 1 amide bonds. The number of pyridine rings is 1. The first-order valence-corrected chi connectivity index (χ1v) is 10.2. The molecule has 0 aliphatic rings. The maximum atomic E-state index is 11.9. The van der Waals surface area contributed by atoms with Crippen molar-refractivity contribution in [1.82, 2.24) is 10.3 Å². The second kappa shape index (κ2) is 8.02. The van der Waals surface area contributed by atoms with E-state index in [0.29, 0.717) is 45.0 Å². The lowest BCUT2D eigenvalue weighted by molar-refractivity contribution is 0.100. The number of fused-ring (bicyclic) bond motifs is 2. The molecular weight excluding hydrogens is 400 g/mol. The number of para-hydroxylation sites is 1. The lowest BCUT2D eigenvalue weighted by atomic mass is 10.0. The Labute approximate surface area is 176 Å². The molecule has 4 rings (SSSR count). The number of nitriles is 1. The molecule has 1 aromatic carbocycles. The van der Waals surface area contributed by atoms with Gasteiger partial charge < -0.3 is 26.5 Å². The van der Waals surface area contributed by atoms with Crippen LogP contribution in [0.1, 0.15) is 21.7 Å². The second-order valence-electron chi connectivity index (χ2n) is 6.74. The van der Waals surface area contributed by atoms with Crippen LogP contribution in [0.25, 0.3) is 32.5 Å². The van der Waals surface area contributed by atoms with Gasteiger partial charge in [-0.1, -0.05) is 18.2 Å². The van der Waals surface area contributed by atoms with Crippen molar-refractivity contribution in [3.05, 3.63) is 40.8 Å². The average Bonchev–Trinajstić information content (AvgIpc) is 3.31. The minimum atomic E-state index is -0.631. The first-order chi connectivity index (χ1) is 14.5. The SMILES string of the molecule is CNCCCNc1nc2sc(C(N)=O)c(N)c2c(-c2cc3ccccc3o2)c1C#N. The highest BCUT2D eigenvalue weighted by Crippen LogP contribution is 2.44. The molecule has 9 heteroatoms. The smallest absolute Gasteiger partial charge is 0.260 e. The fourth-order valence-electron chi connectivity index (χ4n) is 3.40. The molecule has 0 saturated heterocycles. The third-order valence-electron chi connectivity index (χ3n) is 4.78. The van der Waals surface area contributed by atoms with Crippen molar-refractivity contribution in [3.63, 3.8) is 0 Å². The minimum absolute atomic E-state index is 0.212. The molecule has 0 aliphatic carbocycles. The van der Waals surface area contributed by atoms with Gasteiger partial charge in [-0.2, -0.15) is 5.26 Å². The average molecular weight is 420 g/mol. The number of anilines is 2. The first-order valence-electron chi connectivity index (χ1n) is 9.38. The van der Waals surface area contributed by atoms with Crippen molar-refractivity contribution in [2.24, 2.45) is 5.73 Å². The quantitative estimate of drug-likeness (QED) is 0.336. The van der Waals surface area contributed by atoms with Crippen molar-refractivity contribution in [2.75, 3.05) is 31.2 Å². The predicted octanol–water partition coefficient (Wildman–Crippen LogP) is 3.28. The summed E-state index contributed by atoms with van der Waals surface area (Å²) in [6, 6.07) is 11.7. The van der Waals surface area contributed by atoms with Crippen LogP contribution in [0.5, 0.6) is 0 Å². The number of hydrogen-bond acceptors (Lipinski definition) is 8. The molecule has 0 atom stereocenters. The van der Waals surface area contributed by atoms with Crippen molar-refractivity contribution >= 4 is 49.9 Å². The molecule has 0 unspecified atom stereocenters. The summed E-state index contributed by atoms with van der Waals surface area (Å²) in [7, 11) is 1.88. The maximum Gasteiger partial charge on any atom is 0.260 e. The van der Waals surface area contributed by atoms with Gasteiger partial charge in [0, 0.05) is 17.3 Å². The van der Waals surface area contributed by atoms with E-state index in [1.165, 1.54) is 0 Å². The largest absolute Gasteiger partial charge is 0.456 e. The van der Waals surface area contributed by atoms with Crippen molar-refractivity contribution in [2.45, 2.75) is 6.42 Å². The molecule has 30 heavy (non-hydrogen) atoms. The van der Waals surface area contributed by atoms with Gasteiger partial charge in [-0.3, -0.25) is 4.79 Å². The summed E-state index contributed by atoms with van der Waals surface area (Å²) in [6.07, 6.45) is 0.847. The van der Waals surface area contributed by atoms with Crippen LogP contribution in [0.15, 0.2) is 34.7 Å². The van der Waals surface area contributed by atoms with E-state index in [1.54, 1.807) is 0 Å². The van der Waals surface area contributed by atoms with Crippen LogP contribution in [0, 0.1) is 11.3 Å². The summed E-state index contributed by atoms with van der Waals surface area (Å²) in [4.78, 5) is 17.2. The summed E-state index contributed by atoms with van der Waals surface area (Å²) in [6.45, 7) is 1.45. The number of carbonyl (C=O) groups excluding carboxylic acids is 1. The molecule has 3 heterocycles. The summed E-state index contributed by atoms with van der Waals surface area (Å²) < 4.78 is 6.04. The third-order valence-corrected chi connectivity index (χ3v) is 5.89. The number of nitrogens with two attached hydrogens (primary N) is 2. The topological polar surface area (TPSA) is 143 Å². The van der Waals surface area contributed by atoms with Gasteiger partial charge in [0.25, 0.3) is 5.91 Å². The number of nitrogens with zero attached hydrogens (tertiary/aromatic N) is 2. The first kappa shape index (κ1) is 19.7. The van der Waals surface area contributed by atoms with E-state index in [0.717, 1.165) is 29.7 Å². The standard InChI is InChI=1S/C21H20N6O2S/c1-25-7-4-8-26-20-12(10-22)15(14-9-11-5-2-3-6-13(11)29-14)16-17(23)18(19(24)28)30-21(16)27-20/h2-3,5-6,9,25H,4,7-8,23H2,1H3,(H2,24,28)(H,26,27). The van der Waals surface area contributed by atoms with Crippen molar-refractivity contribution < 1.29 is 9.21 Å². The van der Waals surface area contributed by atoms with E-state index in [9.17, 15) is 10.1 Å². The highest BCUT2D eigenvalue weighted by molar-refractivity contribution is 7.21. The number of aromatic nitrogens is 1. The molecule has 4 aromatic rings. The van der Waals surface area contributed by atoms with Gasteiger partial charge >= 0.3 is 0 Å². The zero-order valence-electron chi connectivity index (χ0n) is 16.3. The van der Waals surface area contributed by atoms with Gasteiger partial charge in [0.05, 0.1) is 11.3 Å². The number of hydrogen-bond donors (Lipinski definition) is 4. The molecule has 8 nitrogen and oxygen atoms in total. The summed E-state index contributed by atoms with van der Waals surface area (Å²) >= 11 is 1.11. The fourth-order valence-corrected chi connectivity index (χ4v) is 4.35. The van der Waals surface area contributed by atoms with Crippen LogP contribution in [0.4, 0.5) is 11.5 Å². The number of furan rings is 1. The van der Waals surface area contributed by atoms with Crippen LogP contribution in [0.3, 0.4) is 0 Å². The van der Waals surface area contributed by atoms with Gasteiger partial charge in [-0.05, 0) is 32.1 Å².